The molecule has 1 aromatic heterocycles. The Morgan fingerprint density at radius 2 is 1.95 bits per heavy atom. The molecule has 2 N–H and O–H groups in total. The number of aromatic nitrogens is 2. The topological polar surface area (TPSA) is 64.9 Å². The number of hydrogen-bond acceptors (Lipinski definition) is 4. The molecule has 1 aromatic carbocycles. The lowest BCUT2D eigenvalue weighted by Crippen LogP contribution is -2.26. The van der Waals surface area contributed by atoms with Crippen molar-refractivity contribution in [2.24, 2.45) is 11.1 Å². The average Bonchev–Trinajstić information content (AvgIpc) is 2.96. The molecule has 2 aromatic rings. The van der Waals surface area contributed by atoms with Crippen molar-refractivity contribution in [3.8, 4) is 0 Å². The first-order valence-corrected chi connectivity index (χ1v) is 7.72. The van der Waals surface area contributed by atoms with Gasteiger partial charge in [0.1, 0.15) is 6.04 Å². The van der Waals surface area contributed by atoms with Gasteiger partial charge in [0.15, 0.2) is 0 Å². The monoisotopic (exact) mass is 285 g/mol. The number of benzene rings is 1. The van der Waals surface area contributed by atoms with Crippen LogP contribution in [-0.2, 0) is 0 Å². The van der Waals surface area contributed by atoms with E-state index in [4.69, 9.17) is 10.2 Å². The van der Waals surface area contributed by atoms with Crippen LogP contribution in [0.5, 0.6) is 0 Å². The van der Waals surface area contributed by atoms with Crippen LogP contribution in [0, 0.1) is 5.41 Å². The second kappa shape index (κ2) is 5.60. The molecule has 1 fully saturated rings. The van der Waals surface area contributed by atoms with E-state index in [1.165, 1.54) is 19.3 Å². The number of hydrogen-bond donors (Lipinski definition) is 1. The van der Waals surface area contributed by atoms with Gasteiger partial charge in [-0.25, -0.2) is 0 Å². The van der Waals surface area contributed by atoms with Crippen LogP contribution < -0.4 is 5.73 Å². The van der Waals surface area contributed by atoms with Crippen LogP contribution in [0.25, 0.3) is 0 Å². The summed E-state index contributed by atoms with van der Waals surface area (Å²) in [5.74, 6) is 1.61. The third kappa shape index (κ3) is 2.86. The number of nitrogens with two attached hydrogens (primary N) is 1. The standard InChI is InChI=1S/C17H23N3O/c1-17(2)11-7-6-10-13(17)15-19-20-16(21-15)14(18)12-8-4-3-5-9-12/h3-5,8-9,13-14H,6-7,10-11,18H2,1-2H3. The van der Waals surface area contributed by atoms with E-state index in [-0.39, 0.29) is 11.5 Å². The average molecular weight is 285 g/mol. The van der Waals surface area contributed by atoms with Crippen LogP contribution in [0.15, 0.2) is 34.7 Å². The summed E-state index contributed by atoms with van der Waals surface area (Å²) in [6, 6.07) is 9.53. The van der Waals surface area contributed by atoms with Gasteiger partial charge in [-0.1, -0.05) is 57.0 Å². The molecule has 1 saturated carbocycles. The Morgan fingerprint density at radius 1 is 1.19 bits per heavy atom. The van der Waals surface area contributed by atoms with E-state index in [0.29, 0.717) is 11.8 Å². The van der Waals surface area contributed by atoms with E-state index in [1.807, 2.05) is 30.3 Å². The minimum atomic E-state index is -0.348. The lowest BCUT2D eigenvalue weighted by Gasteiger charge is -2.36. The zero-order valence-electron chi connectivity index (χ0n) is 12.7. The van der Waals surface area contributed by atoms with Gasteiger partial charge in [0, 0.05) is 5.92 Å². The third-order valence-electron chi connectivity index (χ3n) is 4.69. The van der Waals surface area contributed by atoms with E-state index >= 15 is 0 Å². The molecule has 3 rings (SSSR count). The fourth-order valence-electron chi connectivity index (χ4n) is 3.27. The molecule has 4 heteroatoms. The largest absolute Gasteiger partial charge is 0.423 e. The zero-order valence-corrected chi connectivity index (χ0v) is 12.7. The van der Waals surface area contributed by atoms with Crippen molar-refractivity contribution in [2.75, 3.05) is 0 Å². The van der Waals surface area contributed by atoms with Crippen molar-refractivity contribution in [1.29, 1.82) is 0 Å². The van der Waals surface area contributed by atoms with Gasteiger partial charge in [-0.15, -0.1) is 10.2 Å². The maximum Gasteiger partial charge on any atom is 0.237 e. The highest BCUT2D eigenvalue weighted by atomic mass is 16.4. The quantitative estimate of drug-likeness (QED) is 0.931. The van der Waals surface area contributed by atoms with Crippen LogP contribution in [0.4, 0.5) is 0 Å². The summed E-state index contributed by atoms with van der Waals surface area (Å²) in [4.78, 5) is 0. The maximum atomic E-state index is 6.23. The van der Waals surface area contributed by atoms with Gasteiger partial charge in [-0.05, 0) is 23.8 Å². The summed E-state index contributed by atoms with van der Waals surface area (Å²) < 4.78 is 5.93. The first-order chi connectivity index (χ1) is 10.1. The molecule has 4 nitrogen and oxygen atoms in total. The predicted molar refractivity (Wildman–Crippen MR) is 81.8 cm³/mol. The van der Waals surface area contributed by atoms with Gasteiger partial charge < -0.3 is 10.2 Å². The van der Waals surface area contributed by atoms with Crippen molar-refractivity contribution >= 4 is 0 Å². The molecule has 0 radical (unpaired) electrons. The fraction of sp³-hybridized carbons (Fsp3) is 0.529. The SMILES string of the molecule is CC1(C)CCCCC1c1nnc(C(N)c2ccccc2)o1. The molecule has 0 spiro atoms. The maximum absolute atomic E-state index is 6.23. The predicted octanol–water partition coefficient (Wildman–Crippen LogP) is 3.80. The Balaban J connectivity index is 1.83. The molecular formula is C17H23N3O. The van der Waals surface area contributed by atoms with Crippen LogP contribution in [-0.4, -0.2) is 10.2 Å². The lowest BCUT2D eigenvalue weighted by molar-refractivity contribution is 0.171. The summed E-state index contributed by atoms with van der Waals surface area (Å²) in [5, 5.41) is 8.48. The highest BCUT2D eigenvalue weighted by Crippen LogP contribution is 2.46. The molecule has 1 aliphatic carbocycles. The summed E-state index contributed by atoms with van der Waals surface area (Å²) in [6.07, 6.45) is 4.85. The van der Waals surface area contributed by atoms with Crippen molar-refractivity contribution in [3.05, 3.63) is 47.7 Å². The molecule has 21 heavy (non-hydrogen) atoms. The van der Waals surface area contributed by atoms with Crippen molar-refractivity contribution in [3.63, 3.8) is 0 Å². The highest BCUT2D eigenvalue weighted by Gasteiger charge is 2.37. The lowest BCUT2D eigenvalue weighted by atomic mass is 9.69. The first kappa shape index (κ1) is 14.3. The molecule has 2 unspecified atom stereocenters. The molecule has 112 valence electrons. The van der Waals surface area contributed by atoms with Crippen molar-refractivity contribution in [2.45, 2.75) is 51.5 Å². The zero-order chi connectivity index (χ0) is 14.9. The minimum absolute atomic E-state index is 0.221. The summed E-state index contributed by atoms with van der Waals surface area (Å²) in [5.41, 5.74) is 7.45. The Bertz CT molecular complexity index is 591. The molecule has 0 bridgehead atoms. The Hall–Kier alpha value is -1.68. The van der Waals surface area contributed by atoms with Gasteiger partial charge in [0.2, 0.25) is 11.8 Å². The van der Waals surface area contributed by atoms with Crippen LogP contribution in [0.2, 0.25) is 0 Å². The molecule has 1 heterocycles. The van der Waals surface area contributed by atoms with E-state index < -0.39 is 0 Å². The van der Waals surface area contributed by atoms with Gasteiger partial charge >= 0.3 is 0 Å². The summed E-state index contributed by atoms with van der Waals surface area (Å²) >= 11 is 0. The minimum Gasteiger partial charge on any atom is -0.423 e. The van der Waals surface area contributed by atoms with Gasteiger partial charge in [0.25, 0.3) is 0 Å². The van der Waals surface area contributed by atoms with Gasteiger partial charge in [-0.2, -0.15) is 0 Å². The molecule has 0 amide bonds. The molecule has 0 saturated heterocycles. The van der Waals surface area contributed by atoms with E-state index in [9.17, 15) is 0 Å². The second-order valence-electron chi connectivity index (χ2n) is 6.65. The fourth-order valence-corrected chi connectivity index (χ4v) is 3.27. The van der Waals surface area contributed by atoms with E-state index in [2.05, 4.69) is 24.0 Å². The van der Waals surface area contributed by atoms with Crippen molar-refractivity contribution in [1.82, 2.24) is 10.2 Å². The number of nitrogens with zero attached hydrogens (tertiary/aromatic N) is 2. The van der Waals surface area contributed by atoms with Crippen molar-refractivity contribution < 1.29 is 4.42 Å². The number of rotatable bonds is 3. The normalized spacial score (nSPS) is 22.9. The van der Waals surface area contributed by atoms with Gasteiger partial charge in [-0.3, -0.25) is 0 Å². The molecule has 2 atom stereocenters. The summed E-state index contributed by atoms with van der Waals surface area (Å²) in [6.45, 7) is 4.58. The Labute approximate surface area is 125 Å². The Kier molecular flexibility index (Phi) is 3.81. The third-order valence-corrected chi connectivity index (χ3v) is 4.69. The van der Waals surface area contributed by atoms with Crippen LogP contribution in [0.3, 0.4) is 0 Å². The van der Waals surface area contributed by atoms with Crippen LogP contribution >= 0.6 is 0 Å². The Morgan fingerprint density at radius 3 is 2.67 bits per heavy atom. The smallest absolute Gasteiger partial charge is 0.237 e. The molecule has 1 aliphatic rings. The van der Waals surface area contributed by atoms with Gasteiger partial charge in [0.05, 0.1) is 0 Å². The summed E-state index contributed by atoms with van der Waals surface area (Å²) in [7, 11) is 0. The highest BCUT2D eigenvalue weighted by molar-refractivity contribution is 5.23. The molecule has 0 aliphatic heterocycles. The van der Waals surface area contributed by atoms with E-state index in [0.717, 1.165) is 17.9 Å². The van der Waals surface area contributed by atoms with E-state index in [1.54, 1.807) is 0 Å². The first-order valence-electron chi connectivity index (χ1n) is 7.72. The second-order valence-corrected chi connectivity index (χ2v) is 6.65. The van der Waals surface area contributed by atoms with Crippen LogP contribution in [0.1, 0.15) is 68.8 Å². The molecular weight excluding hydrogens is 262 g/mol.